The Hall–Kier alpha value is -2.26. The number of benzene rings is 1. The van der Waals surface area contributed by atoms with E-state index in [2.05, 4.69) is 9.47 Å². The van der Waals surface area contributed by atoms with Crippen LogP contribution in [0.1, 0.15) is 5.56 Å². The lowest BCUT2D eigenvalue weighted by atomic mass is 10.2. The molecule has 0 aromatic heterocycles. The first kappa shape index (κ1) is 15.8. The molecule has 20 heavy (non-hydrogen) atoms. The molecule has 0 heterocycles. The predicted octanol–water partition coefficient (Wildman–Crippen LogP) is 1.36. The molecule has 0 spiro atoms. The van der Waals surface area contributed by atoms with Gasteiger partial charge in [-0.2, -0.15) is 5.26 Å². The van der Waals surface area contributed by atoms with Gasteiger partial charge in [-0.25, -0.2) is 0 Å². The van der Waals surface area contributed by atoms with Gasteiger partial charge in [-0.15, -0.1) is 0 Å². The van der Waals surface area contributed by atoms with Crippen molar-refractivity contribution >= 4 is 29.2 Å². The lowest BCUT2D eigenvalue weighted by molar-refractivity contribution is -0.140. The third-order valence-electron chi connectivity index (χ3n) is 2.53. The summed E-state index contributed by atoms with van der Waals surface area (Å²) >= 11 is 5.93. The largest absolute Gasteiger partial charge is 0.468 e. The molecule has 0 bridgehead atoms. The van der Waals surface area contributed by atoms with Crippen LogP contribution in [-0.2, 0) is 19.1 Å². The van der Waals surface area contributed by atoms with Gasteiger partial charge in [-0.05, 0) is 18.2 Å². The van der Waals surface area contributed by atoms with Crippen LogP contribution in [0.3, 0.4) is 0 Å². The van der Waals surface area contributed by atoms with Crippen LogP contribution in [0.15, 0.2) is 18.2 Å². The summed E-state index contributed by atoms with van der Waals surface area (Å²) in [5, 5.41) is 9.06. The number of nitriles is 1. The topological polar surface area (TPSA) is 79.6 Å². The van der Waals surface area contributed by atoms with E-state index in [0.29, 0.717) is 11.3 Å². The molecule has 0 radical (unpaired) electrons. The molecule has 0 aliphatic carbocycles. The van der Waals surface area contributed by atoms with Crippen LogP contribution < -0.4 is 4.90 Å². The van der Waals surface area contributed by atoms with Crippen LogP contribution in [0.25, 0.3) is 0 Å². The van der Waals surface area contributed by atoms with E-state index in [0.717, 1.165) is 0 Å². The molecule has 0 N–H and O–H groups in total. The van der Waals surface area contributed by atoms with E-state index in [1.54, 1.807) is 6.07 Å². The Bertz CT molecular complexity index is 536. The molecule has 6 nitrogen and oxygen atoms in total. The molecular weight excluding hydrogens is 284 g/mol. The number of esters is 2. The highest BCUT2D eigenvalue weighted by molar-refractivity contribution is 6.32. The average molecular weight is 297 g/mol. The molecule has 0 fully saturated rings. The van der Waals surface area contributed by atoms with E-state index in [9.17, 15) is 9.59 Å². The Kier molecular flexibility index (Phi) is 5.81. The van der Waals surface area contributed by atoms with Gasteiger partial charge in [0.25, 0.3) is 0 Å². The van der Waals surface area contributed by atoms with Gasteiger partial charge in [0.2, 0.25) is 0 Å². The Morgan fingerprint density at radius 1 is 1.25 bits per heavy atom. The maximum Gasteiger partial charge on any atom is 0.325 e. The van der Waals surface area contributed by atoms with E-state index < -0.39 is 11.9 Å². The molecule has 0 saturated heterocycles. The standard InChI is InChI=1S/C13H13ClN2O4/c1-19-12(17)7-16(8-13(18)20-2)10-4-3-9(6-15)11(14)5-10/h3-5H,7-8H2,1-2H3. The molecule has 1 rings (SSSR count). The number of hydrogen-bond donors (Lipinski definition) is 0. The number of halogens is 1. The van der Waals surface area contributed by atoms with Gasteiger partial charge >= 0.3 is 11.9 Å². The van der Waals surface area contributed by atoms with E-state index in [-0.39, 0.29) is 18.1 Å². The Morgan fingerprint density at radius 3 is 2.20 bits per heavy atom. The fourth-order valence-electron chi connectivity index (χ4n) is 1.47. The smallest absolute Gasteiger partial charge is 0.325 e. The Labute approximate surface area is 121 Å². The summed E-state index contributed by atoms with van der Waals surface area (Å²) in [7, 11) is 2.51. The summed E-state index contributed by atoms with van der Waals surface area (Å²) in [6.07, 6.45) is 0. The van der Waals surface area contributed by atoms with Crippen LogP contribution in [0.4, 0.5) is 5.69 Å². The van der Waals surface area contributed by atoms with Crippen molar-refractivity contribution in [3.8, 4) is 6.07 Å². The highest BCUT2D eigenvalue weighted by Crippen LogP contribution is 2.23. The Balaban J connectivity index is 3.03. The van der Waals surface area contributed by atoms with E-state index in [1.807, 2.05) is 6.07 Å². The summed E-state index contributed by atoms with van der Waals surface area (Å²) in [5.74, 6) is -1.01. The van der Waals surface area contributed by atoms with Gasteiger partial charge in [0.15, 0.2) is 0 Å². The number of carbonyl (C=O) groups excluding carboxylic acids is 2. The molecule has 0 atom stereocenters. The van der Waals surface area contributed by atoms with Gasteiger partial charge in [0.1, 0.15) is 19.2 Å². The van der Waals surface area contributed by atoms with Gasteiger partial charge in [-0.1, -0.05) is 11.6 Å². The Morgan fingerprint density at radius 2 is 1.80 bits per heavy atom. The second-order valence-electron chi connectivity index (χ2n) is 3.78. The molecule has 0 saturated carbocycles. The van der Waals surface area contributed by atoms with Crippen molar-refractivity contribution in [1.29, 1.82) is 5.26 Å². The minimum atomic E-state index is -0.505. The summed E-state index contributed by atoms with van der Waals surface area (Å²) in [6.45, 7) is -0.262. The maximum atomic E-state index is 11.4. The van der Waals surface area contributed by atoms with E-state index in [1.165, 1.54) is 31.3 Å². The zero-order valence-electron chi connectivity index (χ0n) is 11.1. The quantitative estimate of drug-likeness (QED) is 0.763. The molecule has 0 amide bonds. The maximum absolute atomic E-state index is 11.4. The molecule has 7 heteroatoms. The van der Waals surface area contributed by atoms with Crippen molar-refractivity contribution < 1.29 is 19.1 Å². The number of rotatable bonds is 5. The van der Waals surface area contributed by atoms with Gasteiger partial charge in [-0.3, -0.25) is 9.59 Å². The fourth-order valence-corrected chi connectivity index (χ4v) is 1.69. The minimum absolute atomic E-state index is 0.131. The lowest BCUT2D eigenvalue weighted by Crippen LogP contribution is -2.35. The first-order valence-electron chi connectivity index (χ1n) is 5.60. The van der Waals surface area contributed by atoms with Crippen molar-refractivity contribution in [2.75, 3.05) is 32.2 Å². The van der Waals surface area contributed by atoms with Crippen LogP contribution in [0.5, 0.6) is 0 Å². The van der Waals surface area contributed by atoms with Crippen molar-refractivity contribution in [1.82, 2.24) is 0 Å². The second-order valence-corrected chi connectivity index (χ2v) is 4.19. The van der Waals surface area contributed by atoms with Crippen molar-refractivity contribution in [2.24, 2.45) is 0 Å². The zero-order valence-corrected chi connectivity index (χ0v) is 11.8. The molecule has 0 aliphatic heterocycles. The minimum Gasteiger partial charge on any atom is -0.468 e. The van der Waals surface area contributed by atoms with Gasteiger partial charge < -0.3 is 14.4 Å². The van der Waals surface area contributed by atoms with Gasteiger partial charge in [0, 0.05) is 5.69 Å². The van der Waals surface area contributed by atoms with E-state index >= 15 is 0 Å². The number of anilines is 1. The SMILES string of the molecule is COC(=O)CN(CC(=O)OC)c1ccc(C#N)c(Cl)c1. The van der Waals surface area contributed by atoms with Gasteiger partial charge in [0.05, 0.1) is 24.8 Å². The van der Waals surface area contributed by atoms with Crippen LogP contribution in [-0.4, -0.2) is 39.2 Å². The summed E-state index contributed by atoms with van der Waals surface area (Å²) in [5.41, 5.74) is 0.830. The molecule has 0 unspecified atom stereocenters. The predicted molar refractivity (Wildman–Crippen MR) is 72.4 cm³/mol. The summed E-state index contributed by atoms with van der Waals surface area (Å²) in [4.78, 5) is 24.2. The van der Waals surface area contributed by atoms with Crippen LogP contribution >= 0.6 is 11.6 Å². The normalized spacial score (nSPS) is 9.50. The number of hydrogen-bond acceptors (Lipinski definition) is 6. The molecular formula is C13H13ClN2O4. The third-order valence-corrected chi connectivity index (χ3v) is 2.85. The number of methoxy groups -OCH3 is 2. The number of carbonyl (C=O) groups is 2. The zero-order chi connectivity index (χ0) is 15.1. The average Bonchev–Trinajstić information content (AvgIpc) is 2.45. The highest BCUT2D eigenvalue weighted by Gasteiger charge is 2.17. The van der Waals surface area contributed by atoms with E-state index in [4.69, 9.17) is 16.9 Å². The molecule has 106 valence electrons. The summed E-state index contributed by atoms with van der Waals surface area (Å²) < 4.78 is 9.15. The number of nitrogens with zero attached hydrogens (tertiary/aromatic N) is 2. The fraction of sp³-hybridized carbons (Fsp3) is 0.308. The third kappa shape index (κ3) is 4.14. The lowest BCUT2D eigenvalue weighted by Gasteiger charge is -2.22. The monoisotopic (exact) mass is 296 g/mol. The van der Waals surface area contributed by atoms with Crippen molar-refractivity contribution in [3.05, 3.63) is 28.8 Å². The molecule has 0 aliphatic rings. The summed E-state index contributed by atoms with van der Waals surface area (Å²) in [6, 6.07) is 6.54. The molecule has 1 aromatic rings. The number of ether oxygens (including phenoxy) is 2. The molecule has 1 aromatic carbocycles. The first-order chi connectivity index (χ1) is 9.51. The van der Waals surface area contributed by atoms with Crippen molar-refractivity contribution in [2.45, 2.75) is 0 Å². The first-order valence-corrected chi connectivity index (χ1v) is 5.97. The van der Waals surface area contributed by atoms with Crippen molar-refractivity contribution in [3.63, 3.8) is 0 Å². The van der Waals surface area contributed by atoms with Crippen LogP contribution in [0.2, 0.25) is 5.02 Å². The highest BCUT2D eigenvalue weighted by atomic mass is 35.5. The second kappa shape index (κ2) is 7.36. The van der Waals surface area contributed by atoms with Crippen LogP contribution in [0, 0.1) is 11.3 Å².